The topological polar surface area (TPSA) is 402 Å². The number of fused-ring (bicyclic) bond motifs is 3. The number of aromatic amines is 3. The van der Waals surface area contributed by atoms with E-state index in [0.717, 1.165) is 78.3 Å². The number of rotatable bonds is 19. The lowest BCUT2D eigenvalue weighted by Gasteiger charge is -2.22. The van der Waals surface area contributed by atoms with Gasteiger partial charge in [-0.1, -0.05) is 25.6 Å². The first-order valence-electron chi connectivity index (χ1n) is 39.2. The molecule has 0 atom stereocenters. The molecular formula is C88H121FN26O4S2. The summed E-state index contributed by atoms with van der Waals surface area (Å²) in [6, 6.07) is 29.7. The monoisotopic (exact) mass is 1690 g/mol. The fraction of sp³-hybridized carbons (Fsp3) is 0.375. The van der Waals surface area contributed by atoms with Crippen LogP contribution < -0.4 is 62.6 Å². The maximum absolute atomic E-state index is 13.8. The van der Waals surface area contributed by atoms with E-state index in [0.29, 0.717) is 75.2 Å². The van der Waals surface area contributed by atoms with E-state index in [1.54, 1.807) is 69.0 Å². The minimum absolute atomic E-state index is 0. The predicted molar refractivity (Wildman–Crippen MR) is 495 cm³/mol. The summed E-state index contributed by atoms with van der Waals surface area (Å²) in [4.78, 5) is 50.9. The van der Waals surface area contributed by atoms with Gasteiger partial charge in [0.05, 0.1) is 32.7 Å². The summed E-state index contributed by atoms with van der Waals surface area (Å²) < 4.78 is 68.6. The molecule has 0 spiro atoms. The predicted octanol–water partition coefficient (Wildman–Crippen LogP) is 19.9. The molecule has 0 radical (unpaired) electrons. The van der Waals surface area contributed by atoms with Crippen molar-refractivity contribution < 1.29 is 21.2 Å². The number of aromatic nitrogens is 14. The van der Waals surface area contributed by atoms with Crippen LogP contribution in [0.5, 0.6) is 0 Å². The van der Waals surface area contributed by atoms with Gasteiger partial charge in [0.1, 0.15) is 34.9 Å². The Morgan fingerprint density at radius 1 is 0.355 bits per heavy atom. The molecule has 30 nitrogen and oxygen atoms in total. The number of hydrogen-bond donors (Lipinski definition) is 15. The number of aryl methyl sites for hydroxylation is 7. The zero-order valence-electron chi connectivity index (χ0n) is 73.6. The van der Waals surface area contributed by atoms with Crippen LogP contribution in [-0.2, 0) is 20.0 Å². The first-order valence-corrected chi connectivity index (χ1v) is 42.2. The Morgan fingerprint density at radius 3 is 1.11 bits per heavy atom. The molecule has 646 valence electrons. The zero-order valence-corrected chi connectivity index (χ0v) is 75.2. The van der Waals surface area contributed by atoms with E-state index >= 15 is 0 Å². The SMILES string of the molecule is C.CNS(=O)(=O)c1cc(Nc2nc(NC(C)(C)C)ncc2C)ccc1C.Cc1ccc(Nc2nc(NC(C)(C)C)ncc2C)cc1S(=O)(=O)NC(C)(C)C.Cc1cnc(NC(C)(C)C)nc1Nc1ccc(F)c2[nH]ccc12.Cc1cnc(NC(C)(C)C)nc1Nc1ccc2[nH]ccc2c1.Cc1cnc(NC(C)(C)C)nc1Nc1cccc2[nH]ncc12. The van der Waals surface area contributed by atoms with Gasteiger partial charge >= 0.3 is 0 Å². The quantitative estimate of drug-likeness (QED) is 0.0357. The fourth-order valence-electron chi connectivity index (χ4n) is 11.4. The molecule has 0 saturated heterocycles. The summed E-state index contributed by atoms with van der Waals surface area (Å²) in [6.45, 7) is 49.5. The van der Waals surface area contributed by atoms with Gasteiger partial charge in [0.15, 0.2) is 0 Å². The van der Waals surface area contributed by atoms with Crippen LogP contribution in [0.1, 0.15) is 171 Å². The highest BCUT2D eigenvalue weighted by atomic mass is 32.2. The van der Waals surface area contributed by atoms with Crippen molar-refractivity contribution in [3.8, 4) is 0 Å². The smallest absolute Gasteiger partial charge is 0.241 e. The highest BCUT2D eigenvalue weighted by molar-refractivity contribution is 7.89. The Morgan fingerprint density at radius 2 is 0.719 bits per heavy atom. The van der Waals surface area contributed by atoms with Crippen molar-refractivity contribution >= 4 is 140 Å². The Kier molecular flexibility index (Phi) is 30.0. The Balaban J connectivity index is 0.000000188. The van der Waals surface area contributed by atoms with Crippen LogP contribution in [-0.4, -0.2) is 127 Å². The number of halogens is 1. The second-order valence-electron chi connectivity index (χ2n) is 35.4. The second kappa shape index (κ2) is 38.5. The molecule has 15 N–H and O–H groups in total. The van der Waals surface area contributed by atoms with E-state index in [2.05, 4.69) is 192 Å². The van der Waals surface area contributed by atoms with Gasteiger partial charge in [0.2, 0.25) is 49.8 Å². The largest absolute Gasteiger partial charge is 0.361 e. The molecule has 33 heteroatoms. The minimum atomic E-state index is -3.64. The molecule has 5 aromatic carbocycles. The van der Waals surface area contributed by atoms with Crippen LogP contribution in [0.3, 0.4) is 0 Å². The minimum Gasteiger partial charge on any atom is -0.361 e. The number of sulfonamides is 2. The van der Waals surface area contributed by atoms with Gasteiger partial charge in [-0.25, -0.2) is 55.6 Å². The summed E-state index contributed by atoms with van der Waals surface area (Å²) in [6.07, 6.45) is 14.3. The van der Waals surface area contributed by atoms with Crippen molar-refractivity contribution in [2.45, 2.75) is 224 Å². The number of anilines is 15. The number of nitrogens with zero attached hydrogens (tertiary/aromatic N) is 11. The molecule has 0 aliphatic heterocycles. The van der Waals surface area contributed by atoms with Crippen LogP contribution in [0.4, 0.5) is 91.7 Å². The van der Waals surface area contributed by atoms with E-state index in [4.69, 9.17) is 0 Å². The molecule has 0 amide bonds. The zero-order chi connectivity index (χ0) is 88.3. The maximum Gasteiger partial charge on any atom is 0.241 e. The molecule has 0 fully saturated rings. The number of H-pyrrole nitrogens is 3. The molecule has 0 saturated carbocycles. The Labute approximate surface area is 711 Å². The average molecular weight is 1690 g/mol. The van der Waals surface area contributed by atoms with E-state index in [1.807, 2.05) is 185 Å². The molecule has 0 aliphatic carbocycles. The Bertz CT molecular complexity index is 5970. The first-order chi connectivity index (χ1) is 55.8. The summed E-state index contributed by atoms with van der Waals surface area (Å²) >= 11 is 0. The van der Waals surface area contributed by atoms with Crippen molar-refractivity contribution in [3.05, 3.63) is 191 Å². The molecule has 121 heavy (non-hydrogen) atoms. The van der Waals surface area contributed by atoms with E-state index < -0.39 is 25.6 Å². The molecular weight excluding hydrogens is 1570 g/mol. The first kappa shape index (κ1) is 94.3. The summed E-state index contributed by atoms with van der Waals surface area (Å²) in [7, 11) is -5.77. The Hall–Kier alpha value is -12.2. The van der Waals surface area contributed by atoms with Crippen LogP contribution in [0.15, 0.2) is 156 Å². The molecule has 0 unspecified atom stereocenters. The number of hydrogen-bond acceptors (Lipinski definition) is 25. The van der Waals surface area contributed by atoms with Gasteiger partial charge in [-0.2, -0.15) is 30.0 Å². The lowest BCUT2D eigenvalue weighted by molar-refractivity contribution is 0.491. The lowest BCUT2D eigenvalue weighted by atomic mass is 10.1. The van der Waals surface area contributed by atoms with Crippen LogP contribution >= 0.6 is 0 Å². The van der Waals surface area contributed by atoms with Gasteiger partial charge < -0.3 is 63.1 Å². The number of nitrogens with one attached hydrogen (secondary N) is 15. The molecule has 0 bridgehead atoms. The standard InChI is InChI=1S/C20H31N5O2S.C17H20FN5.C17H25N5O2S.C17H21N5.C16H20N6.CH4/c1-13-9-10-15(11-16(13)28(26,27)25-20(6,7)8)22-17-14(2)12-21-18(23-17)24-19(3,4)5;1-10-9-20-16(23-17(2,3)4)22-15(10)21-13-6-5-12(18)14-11(13)7-8-19-14;1-11-7-8-13(9-14(11)25(23,24)18-6)20-15-12(2)10-19-16(21-15)22-17(3,4)5;1-11-10-19-16(22-17(2,3)4)21-15(11)20-13-5-6-14-12(9-13)7-8-18-14;1-10-8-17-15(21-16(2,3)4)20-14(10)19-12-6-5-7-13-11(12)9-18-22-13;/h9-12,25H,1-8H3,(H2,21,22,23,24);5-9,19H,1-4H3,(H2,20,21,22,23);7-10,18H,1-6H3,(H2,19,20,21,22);5-10,18H,1-4H3,(H2,19,20,21,22);5-9H,1-4H3,(H,18,22)(H2,17,19,20,21);1H4. The maximum atomic E-state index is 13.8. The van der Waals surface area contributed by atoms with E-state index in [1.165, 1.54) is 18.5 Å². The highest BCUT2D eigenvalue weighted by Crippen LogP contribution is 2.33. The van der Waals surface area contributed by atoms with Gasteiger partial charge in [-0.3, -0.25) is 5.10 Å². The van der Waals surface area contributed by atoms with Gasteiger partial charge in [-0.15, -0.1) is 0 Å². The fourth-order valence-corrected chi connectivity index (χ4v) is 14.1. The third-order valence-electron chi connectivity index (χ3n) is 17.0. The summed E-state index contributed by atoms with van der Waals surface area (Å²) in [5, 5.41) is 42.7. The normalized spacial score (nSPS) is 11.9. The highest BCUT2D eigenvalue weighted by Gasteiger charge is 2.26. The van der Waals surface area contributed by atoms with Crippen LogP contribution in [0.2, 0.25) is 0 Å². The lowest BCUT2D eigenvalue weighted by Crippen LogP contribution is -2.40. The van der Waals surface area contributed by atoms with Crippen molar-refractivity contribution in [2.24, 2.45) is 0 Å². The van der Waals surface area contributed by atoms with Gasteiger partial charge in [0, 0.05) is 149 Å². The van der Waals surface area contributed by atoms with Crippen molar-refractivity contribution in [1.82, 2.24) is 79.4 Å². The number of benzene rings is 5. The van der Waals surface area contributed by atoms with Crippen LogP contribution in [0.25, 0.3) is 32.7 Å². The summed E-state index contributed by atoms with van der Waals surface area (Å²) in [5.41, 5.74) is 11.4. The summed E-state index contributed by atoms with van der Waals surface area (Å²) in [5.74, 6) is 6.08. The average Bonchev–Trinajstić information content (AvgIpc) is 1.68. The van der Waals surface area contributed by atoms with Crippen molar-refractivity contribution in [2.75, 3.05) is 60.2 Å². The molecule has 8 aromatic heterocycles. The van der Waals surface area contributed by atoms with Crippen molar-refractivity contribution in [1.29, 1.82) is 0 Å². The van der Waals surface area contributed by atoms with Gasteiger partial charge in [-0.05, 0) is 270 Å². The van der Waals surface area contributed by atoms with Crippen molar-refractivity contribution in [3.63, 3.8) is 0 Å². The third-order valence-corrected chi connectivity index (χ3v) is 20.4. The van der Waals surface area contributed by atoms with Gasteiger partial charge in [0.25, 0.3) is 0 Å². The molecule has 8 heterocycles. The van der Waals surface area contributed by atoms with Crippen LogP contribution in [0, 0.1) is 54.3 Å². The van der Waals surface area contributed by atoms with E-state index in [9.17, 15) is 21.2 Å². The molecule has 13 rings (SSSR count). The molecule has 13 aromatic rings. The second-order valence-corrected chi connectivity index (χ2v) is 38.9. The molecule has 0 aliphatic rings. The third kappa shape index (κ3) is 28.2. The van der Waals surface area contributed by atoms with E-state index in [-0.39, 0.29) is 50.7 Å².